The summed E-state index contributed by atoms with van der Waals surface area (Å²) in [6.45, 7) is 0.845. The highest BCUT2D eigenvalue weighted by Crippen LogP contribution is 2.39. The van der Waals surface area contributed by atoms with Crippen molar-refractivity contribution in [3.63, 3.8) is 0 Å². The molecule has 2 heterocycles. The number of hydrogen-bond donors (Lipinski definition) is 1. The van der Waals surface area contributed by atoms with E-state index in [0.29, 0.717) is 17.3 Å². The predicted octanol–water partition coefficient (Wildman–Crippen LogP) is 2.11. The first-order chi connectivity index (χ1) is 7.83. The summed E-state index contributed by atoms with van der Waals surface area (Å²) in [5, 5.41) is 3.86. The Balaban J connectivity index is 1.69. The van der Waals surface area contributed by atoms with E-state index in [1.807, 2.05) is 0 Å². The number of nitrogens with zero attached hydrogens (tertiary/aromatic N) is 2. The van der Waals surface area contributed by atoms with Crippen molar-refractivity contribution in [3.8, 4) is 0 Å². The third-order valence-corrected chi connectivity index (χ3v) is 3.40. The van der Waals surface area contributed by atoms with Crippen molar-refractivity contribution >= 4 is 17.4 Å². The second-order valence-corrected chi connectivity index (χ2v) is 4.83. The third kappa shape index (κ3) is 2.13. The van der Waals surface area contributed by atoms with Crippen molar-refractivity contribution < 1.29 is 4.74 Å². The molecule has 16 heavy (non-hydrogen) atoms. The summed E-state index contributed by atoms with van der Waals surface area (Å²) < 4.78 is 5.75. The second kappa shape index (κ2) is 4.18. The number of hydrogen-bond acceptors (Lipinski definition) is 4. The minimum absolute atomic E-state index is 0.355. The van der Waals surface area contributed by atoms with Crippen molar-refractivity contribution in [3.05, 3.63) is 17.5 Å². The van der Waals surface area contributed by atoms with Gasteiger partial charge in [0.05, 0.1) is 12.1 Å². The Kier molecular flexibility index (Phi) is 2.69. The van der Waals surface area contributed by atoms with Gasteiger partial charge in [0.25, 0.3) is 0 Å². The van der Waals surface area contributed by atoms with E-state index in [9.17, 15) is 0 Å². The highest BCUT2D eigenvalue weighted by molar-refractivity contribution is 6.29. The lowest BCUT2D eigenvalue weighted by atomic mass is 10.1. The molecule has 0 spiro atoms. The zero-order chi connectivity index (χ0) is 11.0. The van der Waals surface area contributed by atoms with Crippen LogP contribution in [0.1, 0.15) is 19.3 Å². The summed E-state index contributed by atoms with van der Waals surface area (Å²) in [7, 11) is 0. The van der Waals surface area contributed by atoms with E-state index in [4.69, 9.17) is 16.3 Å². The van der Waals surface area contributed by atoms with E-state index in [2.05, 4.69) is 15.3 Å². The smallest absolute Gasteiger partial charge is 0.134 e. The lowest BCUT2D eigenvalue weighted by Crippen LogP contribution is -2.31. The summed E-state index contributed by atoms with van der Waals surface area (Å²) in [6, 6.07) is 2.13. The molecule has 0 aromatic carbocycles. The van der Waals surface area contributed by atoms with Gasteiger partial charge in [-0.3, -0.25) is 0 Å². The van der Waals surface area contributed by atoms with Crippen molar-refractivity contribution in [1.29, 1.82) is 0 Å². The number of ether oxygens (including phenoxy) is 1. The number of aromatic nitrogens is 2. The number of rotatable bonds is 3. The maximum atomic E-state index is 5.82. The predicted molar refractivity (Wildman–Crippen MR) is 61.5 cm³/mol. The van der Waals surface area contributed by atoms with Gasteiger partial charge < -0.3 is 10.1 Å². The summed E-state index contributed by atoms with van der Waals surface area (Å²) >= 11 is 5.82. The molecule has 4 nitrogen and oxygen atoms in total. The van der Waals surface area contributed by atoms with Gasteiger partial charge in [-0.05, 0) is 25.2 Å². The van der Waals surface area contributed by atoms with Crippen molar-refractivity contribution in [2.75, 3.05) is 11.9 Å². The van der Waals surface area contributed by atoms with Gasteiger partial charge in [0.15, 0.2) is 0 Å². The van der Waals surface area contributed by atoms with Crippen LogP contribution in [0.5, 0.6) is 0 Å². The number of anilines is 1. The Labute approximate surface area is 99.4 Å². The van der Waals surface area contributed by atoms with Gasteiger partial charge in [-0.25, -0.2) is 9.97 Å². The summed E-state index contributed by atoms with van der Waals surface area (Å²) in [5.74, 6) is 1.54. The Morgan fingerprint density at radius 1 is 1.31 bits per heavy atom. The molecule has 2 unspecified atom stereocenters. The quantitative estimate of drug-likeness (QED) is 0.821. The topological polar surface area (TPSA) is 47.0 Å². The van der Waals surface area contributed by atoms with Crippen molar-refractivity contribution in [2.45, 2.75) is 31.4 Å². The lowest BCUT2D eigenvalue weighted by molar-refractivity contribution is 0.0898. The second-order valence-electron chi connectivity index (χ2n) is 4.44. The lowest BCUT2D eigenvalue weighted by Gasteiger charge is -2.19. The molecule has 0 radical (unpaired) electrons. The average molecular weight is 240 g/mol. The minimum atomic E-state index is 0.355. The molecule has 5 heteroatoms. The van der Waals surface area contributed by atoms with Crippen LogP contribution in [0.15, 0.2) is 12.4 Å². The Bertz CT molecular complexity index is 383. The fraction of sp³-hybridized carbons (Fsp3) is 0.636. The maximum absolute atomic E-state index is 5.82. The summed E-state index contributed by atoms with van der Waals surface area (Å²) in [6.07, 6.45) is 5.48. The highest BCUT2D eigenvalue weighted by atomic mass is 35.5. The van der Waals surface area contributed by atoms with Crippen LogP contribution in [0.3, 0.4) is 0 Å². The average Bonchev–Trinajstić information content (AvgIpc) is 3.00. The zero-order valence-electron chi connectivity index (χ0n) is 8.90. The van der Waals surface area contributed by atoms with Crippen molar-refractivity contribution in [2.24, 2.45) is 5.92 Å². The molecule has 1 aliphatic carbocycles. The molecular weight excluding hydrogens is 226 g/mol. The van der Waals surface area contributed by atoms with E-state index >= 15 is 0 Å². The van der Waals surface area contributed by atoms with E-state index in [-0.39, 0.29) is 0 Å². The largest absolute Gasteiger partial charge is 0.376 e. The molecule has 3 rings (SSSR count). The molecule has 0 bridgehead atoms. The molecule has 2 aliphatic rings. The Hall–Kier alpha value is -0.870. The molecular formula is C11H14ClN3O. The molecule has 1 aliphatic heterocycles. The molecule has 1 N–H and O–H groups in total. The minimum Gasteiger partial charge on any atom is -0.376 e. The molecule has 1 aromatic rings. The first kappa shape index (κ1) is 10.3. The Morgan fingerprint density at radius 3 is 2.94 bits per heavy atom. The van der Waals surface area contributed by atoms with Crippen LogP contribution in [0.2, 0.25) is 5.15 Å². The molecule has 1 saturated heterocycles. The number of nitrogens with one attached hydrogen (secondary N) is 1. The first-order valence-corrected chi connectivity index (χ1v) is 6.06. The van der Waals surface area contributed by atoms with Crippen LogP contribution in [0.25, 0.3) is 0 Å². The van der Waals surface area contributed by atoms with Crippen molar-refractivity contribution in [1.82, 2.24) is 9.97 Å². The van der Waals surface area contributed by atoms with Crippen LogP contribution in [0.4, 0.5) is 5.82 Å². The SMILES string of the molecule is Clc1cc(NC2CCOC2C2CC2)ncn1. The molecule has 1 saturated carbocycles. The van der Waals surface area contributed by atoms with E-state index < -0.39 is 0 Å². The zero-order valence-corrected chi connectivity index (χ0v) is 9.65. The van der Waals surface area contributed by atoms with Crippen LogP contribution in [-0.4, -0.2) is 28.7 Å². The van der Waals surface area contributed by atoms with Crippen LogP contribution in [0, 0.1) is 5.92 Å². The molecule has 2 fully saturated rings. The van der Waals surface area contributed by atoms with E-state index in [1.165, 1.54) is 19.2 Å². The van der Waals surface area contributed by atoms with Gasteiger partial charge in [0.1, 0.15) is 17.3 Å². The first-order valence-electron chi connectivity index (χ1n) is 5.68. The van der Waals surface area contributed by atoms with Gasteiger partial charge in [-0.2, -0.15) is 0 Å². The highest BCUT2D eigenvalue weighted by Gasteiger charge is 2.40. The molecule has 1 aromatic heterocycles. The van der Waals surface area contributed by atoms with Crippen LogP contribution in [-0.2, 0) is 4.74 Å². The van der Waals surface area contributed by atoms with Crippen LogP contribution < -0.4 is 5.32 Å². The standard InChI is InChI=1S/C11H14ClN3O/c12-9-5-10(14-6-13-9)15-8-3-4-16-11(8)7-1-2-7/h5-8,11H,1-4H2,(H,13,14,15). The van der Waals surface area contributed by atoms with Crippen LogP contribution >= 0.6 is 11.6 Å². The van der Waals surface area contributed by atoms with Gasteiger partial charge in [-0.15, -0.1) is 0 Å². The molecule has 2 atom stereocenters. The molecule has 86 valence electrons. The number of halogens is 1. The summed E-state index contributed by atoms with van der Waals surface area (Å²) in [5.41, 5.74) is 0. The van der Waals surface area contributed by atoms with E-state index in [1.54, 1.807) is 6.07 Å². The third-order valence-electron chi connectivity index (χ3n) is 3.19. The Morgan fingerprint density at radius 2 is 2.19 bits per heavy atom. The monoisotopic (exact) mass is 239 g/mol. The molecule has 0 amide bonds. The fourth-order valence-electron chi connectivity index (χ4n) is 2.26. The van der Waals surface area contributed by atoms with Gasteiger partial charge in [-0.1, -0.05) is 11.6 Å². The normalized spacial score (nSPS) is 29.3. The maximum Gasteiger partial charge on any atom is 0.134 e. The summed E-state index contributed by atoms with van der Waals surface area (Å²) in [4.78, 5) is 8.02. The van der Waals surface area contributed by atoms with Gasteiger partial charge in [0, 0.05) is 12.7 Å². The van der Waals surface area contributed by atoms with Gasteiger partial charge in [0.2, 0.25) is 0 Å². The fourth-order valence-corrected chi connectivity index (χ4v) is 2.40. The van der Waals surface area contributed by atoms with E-state index in [0.717, 1.165) is 24.8 Å². The van der Waals surface area contributed by atoms with Gasteiger partial charge >= 0.3 is 0 Å².